The summed E-state index contributed by atoms with van der Waals surface area (Å²) in [6.45, 7) is 5.90. The summed E-state index contributed by atoms with van der Waals surface area (Å²) >= 11 is 4.02. The highest BCUT2D eigenvalue weighted by atomic mass is 32.1. The van der Waals surface area contributed by atoms with Crippen LogP contribution in [0.4, 0.5) is 0 Å². The van der Waals surface area contributed by atoms with Crippen LogP contribution in [0.2, 0.25) is 0 Å². The second-order valence-electron chi connectivity index (χ2n) is 3.62. The Morgan fingerprint density at radius 3 is 2.40 bits per heavy atom. The minimum absolute atomic E-state index is 0.00998. The molecule has 0 aromatic heterocycles. The third-order valence-electron chi connectivity index (χ3n) is 2.61. The lowest BCUT2D eigenvalue weighted by Crippen LogP contribution is -2.08. The molecule has 0 fully saturated rings. The number of rotatable bonds is 3. The van der Waals surface area contributed by atoms with Crippen molar-refractivity contribution in [2.24, 2.45) is 0 Å². The van der Waals surface area contributed by atoms with E-state index < -0.39 is 0 Å². The van der Waals surface area contributed by atoms with Crippen LogP contribution in [-0.2, 0) is 0 Å². The number of carbonyl (C=O) groups excluding carboxylic acids is 1. The van der Waals surface area contributed by atoms with Gasteiger partial charge in [-0.2, -0.15) is 12.6 Å². The highest BCUT2D eigenvalue weighted by Crippen LogP contribution is 2.29. The van der Waals surface area contributed by atoms with Gasteiger partial charge in [-0.1, -0.05) is 6.07 Å². The summed E-state index contributed by atoms with van der Waals surface area (Å²) in [4.78, 5) is 11.7. The number of carbonyl (C=O) groups is 1. The molecule has 0 saturated heterocycles. The van der Waals surface area contributed by atoms with E-state index in [1.807, 2.05) is 26.8 Å². The van der Waals surface area contributed by atoms with Crippen LogP contribution in [0.15, 0.2) is 6.07 Å². The van der Waals surface area contributed by atoms with Gasteiger partial charge in [0.05, 0.1) is 18.4 Å². The highest BCUT2D eigenvalue weighted by molar-refractivity contribution is 7.81. The summed E-state index contributed by atoms with van der Waals surface area (Å²) in [6.07, 6.45) is 0. The summed E-state index contributed by atoms with van der Waals surface area (Å²) in [6, 6.07) is 2.01. The Morgan fingerprint density at radius 2 is 1.93 bits per heavy atom. The Morgan fingerprint density at radius 1 is 1.33 bits per heavy atom. The summed E-state index contributed by atoms with van der Waals surface area (Å²) in [5.41, 5.74) is 3.78. The van der Waals surface area contributed by atoms with Gasteiger partial charge in [-0.05, 0) is 37.5 Å². The molecule has 0 unspecified atom stereocenters. The molecule has 82 valence electrons. The van der Waals surface area contributed by atoms with Gasteiger partial charge >= 0.3 is 0 Å². The Labute approximate surface area is 96.1 Å². The van der Waals surface area contributed by atoms with Crippen LogP contribution < -0.4 is 4.74 Å². The fourth-order valence-corrected chi connectivity index (χ4v) is 1.89. The first-order chi connectivity index (χ1) is 7.02. The SMILES string of the molecule is COc1c(C)c(C)cc(C)c1C(=O)CS. The molecule has 15 heavy (non-hydrogen) atoms. The lowest BCUT2D eigenvalue weighted by Gasteiger charge is -2.14. The molecule has 0 aliphatic carbocycles. The topological polar surface area (TPSA) is 26.3 Å². The van der Waals surface area contributed by atoms with E-state index in [4.69, 9.17) is 4.74 Å². The van der Waals surface area contributed by atoms with Crippen molar-refractivity contribution >= 4 is 18.4 Å². The van der Waals surface area contributed by atoms with Crippen LogP contribution >= 0.6 is 12.6 Å². The van der Waals surface area contributed by atoms with Gasteiger partial charge in [-0.15, -0.1) is 0 Å². The van der Waals surface area contributed by atoms with Gasteiger partial charge in [0, 0.05) is 0 Å². The zero-order valence-electron chi connectivity index (χ0n) is 9.55. The van der Waals surface area contributed by atoms with E-state index in [0.717, 1.165) is 16.7 Å². The van der Waals surface area contributed by atoms with E-state index in [-0.39, 0.29) is 11.5 Å². The van der Waals surface area contributed by atoms with E-state index in [9.17, 15) is 4.79 Å². The van der Waals surface area contributed by atoms with Gasteiger partial charge in [0.25, 0.3) is 0 Å². The van der Waals surface area contributed by atoms with Crippen LogP contribution in [0.1, 0.15) is 27.0 Å². The third kappa shape index (κ3) is 2.17. The lowest BCUT2D eigenvalue weighted by atomic mass is 9.97. The van der Waals surface area contributed by atoms with Gasteiger partial charge in [0.2, 0.25) is 0 Å². The Bertz CT molecular complexity index is 397. The number of benzene rings is 1. The van der Waals surface area contributed by atoms with Gasteiger partial charge in [-0.3, -0.25) is 4.79 Å². The highest BCUT2D eigenvalue weighted by Gasteiger charge is 2.17. The number of ether oxygens (including phenoxy) is 1. The van der Waals surface area contributed by atoms with Gasteiger partial charge in [-0.25, -0.2) is 0 Å². The number of aryl methyl sites for hydroxylation is 2. The third-order valence-corrected chi connectivity index (χ3v) is 2.90. The average molecular weight is 224 g/mol. The normalized spacial score (nSPS) is 10.2. The number of hydrogen-bond donors (Lipinski definition) is 1. The van der Waals surface area contributed by atoms with Gasteiger partial charge in [0.15, 0.2) is 5.78 Å². The van der Waals surface area contributed by atoms with E-state index in [1.165, 1.54) is 0 Å². The molecule has 0 bridgehead atoms. The molecule has 0 aliphatic rings. The minimum atomic E-state index is 0.00998. The molecular formula is C12H16O2S. The first-order valence-electron chi connectivity index (χ1n) is 4.81. The number of Topliss-reactive ketones (excluding diaryl/α,β-unsaturated/α-hetero) is 1. The van der Waals surface area contributed by atoms with Crippen LogP contribution in [0.5, 0.6) is 5.75 Å². The number of thiol groups is 1. The first-order valence-corrected chi connectivity index (χ1v) is 5.45. The van der Waals surface area contributed by atoms with Crippen LogP contribution in [0.25, 0.3) is 0 Å². The van der Waals surface area contributed by atoms with Crippen molar-refractivity contribution in [2.75, 3.05) is 12.9 Å². The zero-order valence-corrected chi connectivity index (χ0v) is 10.4. The Balaban J connectivity index is 3.49. The van der Waals surface area contributed by atoms with Crippen LogP contribution in [-0.4, -0.2) is 18.6 Å². The second-order valence-corrected chi connectivity index (χ2v) is 3.94. The van der Waals surface area contributed by atoms with E-state index in [0.29, 0.717) is 11.3 Å². The van der Waals surface area contributed by atoms with Crippen molar-refractivity contribution in [3.8, 4) is 5.75 Å². The molecule has 1 rings (SSSR count). The van der Waals surface area contributed by atoms with Gasteiger partial charge < -0.3 is 4.74 Å². The molecule has 0 N–H and O–H groups in total. The molecule has 2 nitrogen and oxygen atoms in total. The van der Waals surface area contributed by atoms with E-state index in [1.54, 1.807) is 7.11 Å². The monoisotopic (exact) mass is 224 g/mol. The average Bonchev–Trinajstić information content (AvgIpc) is 2.21. The predicted molar refractivity (Wildman–Crippen MR) is 65.4 cm³/mol. The number of methoxy groups -OCH3 is 1. The predicted octanol–water partition coefficient (Wildman–Crippen LogP) is 2.73. The summed E-state index contributed by atoms with van der Waals surface area (Å²) in [7, 11) is 1.59. The van der Waals surface area contributed by atoms with Crippen molar-refractivity contribution < 1.29 is 9.53 Å². The molecule has 3 heteroatoms. The summed E-state index contributed by atoms with van der Waals surface area (Å²) in [5, 5.41) is 0. The smallest absolute Gasteiger partial charge is 0.176 e. The molecule has 0 saturated carbocycles. The maximum absolute atomic E-state index is 11.7. The maximum atomic E-state index is 11.7. The van der Waals surface area contributed by atoms with Crippen molar-refractivity contribution in [1.29, 1.82) is 0 Å². The fraction of sp³-hybridized carbons (Fsp3) is 0.417. The van der Waals surface area contributed by atoms with Crippen molar-refractivity contribution in [3.63, 3.8) is 0 Å². The Kier molecular flexibility index (Phi) is 3.80. The summed E-state index contributed by atoms with van der Waals surface area (Å²) in [5.74, 6) is 0.905. The summed E-state index contributed by atoms with van der Waals surface area (Å²) < 4.78 is 5.31. The molecule has 1 aromatic carbocycles. The van der Waals surface area contributed by atoms with Crippen molar-refractivity contribution in [3.05, 3.63) is 28.3 Å². The quantitative estimate of drug-likeness (QED) is 0.631. The second kappa shape index (κ2) is 4.71. The Hall–Kier alpha value is -0.960. The van der Waals surface area contributed by atoms with Gasteiger partial charge in [0.1, 0.15) is 5.75 Å². The van der Waals surface area contributed by atoms with E-state index in [2.05, 4.69) is 12.6 Å². The molecule has 0 radical (unpaired) electrons. The molecule has 0 heterocycles. The van der Waals surface area contributed by atoms with Crippen molar-refractivity contribution in [2.45, 2.75) is 20.8 Å². The van der Waals surface area contributed by atoms with Crippen molar-refractivity contribution in [1.82, 2.24) is 0 Å². The molecule has 1 aromatic rings. The first kappa shape index (κ1) is 12.1. The number of hydrogen-bond acceptors (Lipinski definition) is 3. The standard InChI is InChI=1S/C12H16O2S/c1-7-5-8(2)11(10(13)6-15)12(14-4)9(7)3/h5,15H,6H2,1-4H3. The van der Waals surface area contributed by atoms with Crippen LogP contribution in [0.3, 0.4) is 0 Å². The van der Waals surface area contributed by atoms with Crippen LogP contribution in [0, 0.1) is 20.8 Å². The molecular weight excluding hydrogens is 208 g/mol. The largest absolute Gasteiger partial charge is 0.496 e. The maximum Gasteiger partial charge on any atom is 0.176 e. The molecule has 0 spiro atoms. The fourth-order valence-electron chi connectivity index (χ4n) is 1.73. The molecule has 0 atom stereocenters. The lowest BCUT2D eigenvalue weighted by molar-refractivity contribution is 0.101. The molecule has 0 amide bonds. The molecule has 0 aliphatic heterocycles. The minimum Gasteiger partial charge on any atom is -0.496 e. The zero-order chi connectivity index (χ0) is 11.6. The number of ketones is 1. The van der Waals surface area contributed by atoms with E-state index >= 15 is 0 Å².